The molecule has 0 bridgehead atoms. The number of aromatic hydroxyl groups is 1. The standard InChI is InChI=1S/C27H29N3O9/c1-29(2)15-10-11(6-7-16(31)39-5)21(32)18-13(15)8-12-9-14-20(30(3)4)23(34)19(26(28)37)25(36)27(14,38)24(35)17(12)22(18)33/h10,12,14,20,32,34-35,38H,8-9H2,1-5H3,(H2,28,37). The van der Waals surface area contributed by atoms with Crippen molar-refractivity contribution in [3.63, 3.8) is 0 Å². The van der Waals surface area contributed by atoms with Crippen LogP contribution in [-0.2, 0) is 25.5 Å². The molecule has 4 atom stereocenters. The Hall–Kier alpha value is -4.34. The molecule has 12 heteroatoms. The molecule has 39 heavy (non-hydrogen) atoms. The second-order valence-electron chi connectivity index (χ2n) is 10.2. The van der Waals surface area contributed by atoms with Crippen LogP contribution in [0.4, 0.5) is 5.69 Å². The lowest BCUT2D eigenvalue weighted by Crippen LogP contribution is -2.63. The average Bonchev–Trinajstić information content (AvgIpc) is 2.84. The van der Waals surface area contributed by atoms with Crippen molar-refractivity contribution >= 4 is 29.1 Å². The molecule has 0 radical (unpaired) electrons. The number of phenolic OH excluding ortho intramolecular Hbond substituents is 1. The Labute approximate surface area is 223 Å². The molecule has 0 fully saturated rings. The summed E-state index contributed by atoms with van der Waals surface area (Å²) in [6.07, 6.45) is 0.101. The van der Waals surface area contributed by atoms with Gasteiger partial charge in [-0.25, -0.2) is 4.79 Å². The number of nitrogens with two attached hydrogens (primary N) is 1. The number of fused-ring (bicyclic) bond motifs is 3. The van der Waals surface area contributed by atoms with E-state index in [1.807, 2.05) is 0 Å². The van der Waals surface area contributed by atoms with E-state index in [0.29, 0.717) is 11.3 Å². The van der Waals surface area contributed by atoms with Crippen LogP contribution in [0, 0.1) is 23.7 Å². The van der Waals surface area contributed by atoms with Gasteiger partial charge in [-0.05, 0) is 44.5 Å². The van der Waals surface area contributed by atoms with Crippen LogP contribution in [0.3, 0.4) is 0 Å². The first-order chi connectivity index (χ1) is 18.2. The molecule has 1 aromatic carbocycles. The third-order valence-electron chi connectivity index (χ3n) is 7.67. The third-order valence-corrected chi connectivity index (χ3v) is 7.67. The summed E-state index contributed by atoms with van der Waals surface area (Å²) in [5.41, 5.74) is 2.18. The van der Waals surface area contributed by atoms with E-state index in [-0.39, 0.29) is 29.5 Å². The number of benzene rings is 1. The number of rotatable bonds is 3. The first-order valence-electron chi connectivity index (χ1n) is 12.0. The molecular formula is C27H29N3O9. The lowest BCUT2D eigenvalue weighted by atomic mass is 9.58. The van der Waals surface area contributed by atoms with E-state index in [1.165, 1.54) is 11.0 Å². The Morgan fingerprint density at radius 3 is 2.33 bits per heavy atom. The van der Waals surface area contributed by atoms with Gasteiger partial charge < -0.3 is 35.8 Å². The van der Waals surface area contributed by atoms with Crippen LogP contribution in [0.1, 0.15) is 27.9 Å². The lowest BCUT2D eigenvalue weighted by molar-refractivity contribution is -0.148. The van der Waals surface area contributed by atoms with E-state index in [2.05, 4.69) is 16.6 Å². The summed E-state index contributed by atoms with van der Waals surface area (Å²) in [5, 5.41) is 45.0. The number of methoxy groups -OCH3 is 1. The Morgan fingerprint density at radius 2 is 1.79 bits per heavy atom. The Kier molecular flexibility index (Phi) is 6.70. The summed E-state index contributed by atoms with van der Waals surface area (Å²) >= 11 is 0. The molecule has 0 aromatic heterocycles. The van der Waals surface area contributed by atoms with Gasteiger partial charge in [0.1, 0.15) is 22.8 Å². The number of hydrogen-bond acceptors (Lipinski definition) is 11. The first-order valence-corrected chi connectivity index (χ1v) is 12.0. The van der Waals surface area contributed by atoms with Crippen LogP contribution in [0.5, 0.6) is 5.75 Å². The second kappa shape index (κ2) is 9.44. The van der Waals surface area contributed by atoms with Crippen LogP contribution in [0.15, 0.2) is 28.7 Å². The molecule has 12 nitrogen and oxygen atoms in total. The molecule has 4 unspecified atom stereocenters. The minimum absolute atomic E-state index is 0.0245. The molecule has 6 N–H and O–H groups in total. The van der Waals surface area contributed by atoms with Gasteiger partial charge in [0, 0.05) is 37.2 Å². The molecule has 0 spiro atoms. The van der Waals surface area contributed by atoms with Gasteiger partial charge in [-0.2, -0.15) is 0 Å². The quantitative estimate of drug-likeness (QED) is 0.193. The number of nitrogens with zero attached hydrogens (tertiary/aromatic N) is 2. The number of ether oxygens (including phenoxy) is 1. The summed E-state index contributed by atoms with van der Waals surface area (Å²) in [6.45, 7) is 0. The smallest absolute Gasteiger partial charge is 0.384 e. The number of aliphatic hydroxyl groups is 3. The molecule has 1 aromatic rings. The van der Waals surface area contributed by atoms with Crippen molar-refractivity contribution in [3.05, 3.63) is 45.4 Å². The van der Waals surface area contributed by atoms with Crippen LogP contribution >= 0.6 is 0 Å². The summed E-state index contributed by atoms with van der Waals surface area (Å²) in [7, 11) is 7.69. The predicted molar refractivity (Wildman–Crippen MR) is 137 cm³/mol. The summed E-state index contributed by atoms with van der Waals surface area (Å²) < 4.78 is 4.51. The number of allylic oxidation sites excluding steroid dienone is 1. The number of anilines is 1. The number of primary amides is 1. The number of carbonyl (C=O) groups is 4. The van der Waals surface area contributed by atoms with Gasteiger partial charge in [-0.1, -0.05) is 5.92 Å². The predicted octanol–water partition coefficient (Wildman–Crippen LogP) is -0.289. The topological polar surface area (TPSA) is 191 Å². The highest BCUT2D eigenvalue weighted by Gasteiger charge is 2.63. The maximum atomic E-state index is 13.9. The Morgan fingerprint density at radius 1 is 1.15 bits per heavy atom. The van der Waals surface area contributed by atoms with Gasteiger partial charge >= 0.3 is 5.97 Å². The van der Waals surface area contributed by atoms with E-state index in [0.717, 1.165) is 7.11 Å². The summed E-state index contributed by atoms with van der Waals surface area (Å²) in [5.74, 6) is -3.58. The maximum Gasteiger partial charge on any atom is 0.384 e. The molecule has 1 amide bonds. The molecular weight excluding hydrogens is 510 g/mol. The highest BCUT2D eigenvalue weighted by molar-refractivity contribution is 6.25. The van der Waals surface area contributed by atoms with Crippen LogP contribution in [-0.4, -0.2) is 95.7 Å². The Bertz CT molecular complexity index is 1460. The third kappa shape index (κ3) is 3.93. The Balaban J connectivity index is 1.98. The number of ketones is 2. The van der Waals surface area contributed by atoms with Crippen LogP contribution in [0.2, 0.25) is 0 Å². The highest BCUT2D eigenvalue weighted by Crippen LogP contribution is 2.53. The van der Waals surface area contributed by atoms with Gasteiger partial charge in [0.05, 0.1) is 24.3 Å². The van der Waals surface area contributed by atoms with Gasteiger partial charge in [0.15, 0.2) is 11.4 Å². The second-order valence-corrected chi connectivity index (χ2v) is 10.2. The number of Topliss-reactive ketones (excluding diaryl/α,β-unsaturated/α-hetero) is 2. The molecule has 0 saturated heterocycles. The van der Waals surface area contributed by atoms with Crippen molar-refractivity contribution in [1.82, 2.24) is 4.90 Å². The van der Waals surface area contributed by atoms with Gasteiger partial charge in [-0.3, -0.25) is 19.3 Å². The largest absolute Gasteiger partial charge is 0.510 e. The molecule has 3 aliphatic carbocycles. The summed E-state index contributed by atoms with van der Waals surface area (Å²) in [6, 6.07) is 0.444. The zero-order valence-corrected chi connectivity index (χ0v) is 22.0. The minimum Gasteiger partial charge on any atom is -0.510 e. The zero-order chi connectivity index (χ0) is 29.1. The van der Waals surface area contributed by atoms with Gasteiger partial charge in [-0.15, -0.1) is 0 Å². The molecule has 0 saturated carbocycles. The van der Waals surface area contributed by atoms with Crippen molar-refractivity contribution in [2.24, 2.45) is 17.6 Å². The number of esters is 1. The first kappa shape index (κ1) is 27.7. The van der Waals surface area contributed by atoms with Crippen LogP contribution < -0.4 is 10.6 Å². The van der Waals surface area contributed by atoms with Crippen molar-refractivity contribution in [2.45, 2.75) is 24.5 Å². The van der Waals surface area contributed by atoms with Gasteiger partial charge in [0.2, 0.25) is 5.78 Å². The molecule has 4 rings (SSSR count). The maximum absolute atomic E-state index is 13.9. The fraction of sp³-hybridized carbons (Fsp3) is 0.407. The normalized spacial score (nSPS) is 25.9. The number of likely N-dealkylation sites (N-methyl/N-ethyl adjacent to an activating group) is 1. The average molecular weight is 540 g/mol. The fourth-order valence-corrected chi connectivity index (χ4v) is 5.96. The monoisotopic (exact) mass is 539 g/mol. The van der Waals surface area contributed by atoms with Gasteiger partial charge in [0.25, 0.3) is 5.91 Å². The van der Waals surface area contributed by atoms with Crippen molar-refractivity contribution in [2.75, 3.05) is 40.2 Å². The minimum atomic E-state index is -2.73. The zero-order valence-electron chi connectivity index (χ0n) is 22.0. The van der Waals surface area contributed by atoms with E-state index < -0.39 is 69.8 Å². The van der Waals surface area contributed by atoms with E-state index in [1.54, 1.807) is 33.1 Å². The number of aliphatic hydroxyl groups excluding tert-OH is 2. The van der Waals surface area contributed by atoms with E-state index >= 15 is 0 Å². The molecule has 0 aliphatic heterocycles. The van der Waals surface area contributed by atoms with E-state index in [4.69, 9.17) is 5.73 Å². The number of carbonyl (C=O) groups excluding carboxylic acids is 4. The molecule has 3 aliphatic rings. The number of amides is 1. The number of hydrogen-bond donors (Lipinski definition) is 5. The van der Waals surface area contributed by atoms with Crippen molar-refractivity contribution in [1.29, 1.82) is 0 Å². The van der Waals surface area contributed by atoms with E-state index in [9.17, 15) is 39.6 Å². The SMILES string of the molecule is COC(=O)C#Cc1cc(N(C)C)c2c(c1O)C(=O)C1=C(O)C3(O)C(=O)C(C(N)=O)=C(O)C(N(C)C)C3CC1C2. The fourth-order valence-electron chi connectivity index (χ4n) is 5.96. The molecule has 0 heterocycles. The number of phenols is 1. The highest BCUT2D eigenvalue weighted by atomic mass is 16.5. The summed E-state index contributed by atoms with van der Waals surface area (Å²) in [4.78, 5) is 54.1. The molecule has 206 valence electrons. The van der Waals surface area contributed by atoms with Crippen molar-refractivity contribution in [3.8, 4) is 17.6 Å². The lowest BCUT2D eigenvalue weighted by Gasteiger charge is -2.50. The van der Waals surface area contributed by atoms with Crippen LogP contribution in [0.25, 0.3) is 0 Å². The van der Waals surface area contributed by atoms with Crippen molar-refractivity contribution < 1.29 is 44.3 Å².